The third kappa shape index (κ3) is 4.21. The Kier molecular flexibility index (Phi) is 4.53. The van der Waals surface area contributed by atoms with Gasteiger partial charge in [-0.3, -0.25) is 4.79 Å². The summed E-state index contributed by atoms with van der Waals surface area (Å²) in [5, 5.41) is 12.8. The molecule has 1 rings (SSSR count). The molecule has 0 unspecified atom stereocenters. The molecular formula is C16H23NO2. The predicted octanol–water partition coefficient (Wildman–Crippen LogP) is 2.67. The first-order valence-corrected chi connectivity index (χ1v) is 6.42. The second-order valence-electron chi connectivity index (χ2n) is 5.86. The summed E-state index contributed by atoms with van der Waals surface area (Å²) in [4.78, 5) is 11.9. The van der Waals surface area contributed by atoms with Crippen molar-refractivity contribution in [1.29, 1.82) is 0 Å². The van der Waals surface area contributed by atoms with Gasteiger partial charge in [0.25, 0.3) is 0 Å². The number of amides is 1. The second kappa shape index (κ2) is 5.57. The molecule has 19 heavy (non-hydrogen) atoms. The zero-order valence-corrected chi connectivity index (χ0v) is 12.3. The first-order chi connectivity index (χ1) is 8.63. The van der Waals surface area contributed by atoms with Gasteiger partial charge in [-0.1, -0.05) is 24.3 Å². The SMILES string of the molecule is Cc1ccccc1/C=C/C(=O)NC(C)(C)C(C)(C)O. The topological polar surface area (TPSA) is 49.3 Å². The number of hydrogen-bond acceptors (Lipinski definition) is 2. The Bertz CT molecular complexity index is 482. The number of hydrogen-bond donors (Lipinski definition) is 2. The van der Waals surface area contributed by atoms with E-state index in [1.54, 1.807) is 33.8 Å². The maximum atomic E-state index is 11.9. The van der Waals surface area contributed by atoms with Crippen LogP contribution in [0.3, 0.4) is 0 Å². The molecule has 3 heteroatoms. The summed E-state index contributed by atoms with van der Waals surface area (Å²) in [5.41, 5.74) is 0.450. The van der Waals surface area contributed by atoms with E-state index in [0.717, 1.165) is 11.1 Å². The molecule has 1 amide bonds. The van der Waals surface area contributed by atoms with E-state index >= 15 is 0 Å². The van der Waals surface area contributed by atoms with Gasteiger partial charge in [0.2, 0.25) is 5.91 Å². The highest BCUT2D eigenvalue weighted by atomic mass is 16.3. The van der Waals surface area contributed by atoms with Crippen LogP contribution >= 0.6 is 0 Å². The van der Waals surface area contributed by atoms with Crippen molar-refractivity contribution in [3.63, 3.8) is 0 Å². The molecule has 0 aliphatic carbocycles. The van der Waals surface area contributed by atoms with Gasteiger partial charge in [0.05, 0.1) is 11.1 Å². The van der Waals surface area contributed by atoms with Gasteiger partial charge in [0.1, 0.15) is 0 Å². The van der Waals surface area contributed by atoms with Crippen molar-refractivity contribution in [2.75, 3.05) is 0 Å². The highest BCUT2D eigenvalue weighted by Gasteiger charge is 2.35. The fourth-order valence-corrected chi connectivity index (χ4v) is 1.44. The Labute approximate surface area is 115 Å². The molecule has 3 nitrogen and oxygen atoms in total. The zero-order valence-electron chi connectivity index (χ0n) is 12.3. The lowest BCUT2D eigenvalue weighted by molar-refractivity contribution is -0.121. The number of aryl methyl sites for hydroxylation is 1. The van der Waals surface area contributed by atoms with E-state index in [1.807, 2.05) is 31.2 Å². The smallest absolute Gasteiger partial charge is 0.244 e. The molecule has 0 radical (unpaired) electrons. The third-order valence-electron chi connectivity index (χ3n) is 3.57. The lowest BCUT2D eigenvalue weighted by Crippen LogP contribution is -2.57. The van der Waals surface area contributed by atoms with Crippen molar-refractivity contribution in [2.24, 2.45) is 0 Å². The van der Waals surface area contributed by atoms with Gasteiger partial charge in [0, 0.05) is 6.08 Å². The van der Waals surface area contributed by atoms with Gasteiger partial charge in [-0.05, 0) is 51.8 Å². The van der Waals surface area contributed by atoms with E-state index in [0.29, 0.717) is 0 Å². The van der Waals surface area contributed by atoms with Crippen molar-refractivity contribution < 1.29 is 9.90 Å². The molecule has 0 spiro atoms. The Morgan fingerprint density at radius 1 is 1.21 bits per heavy atom. The minimum absolute atomic E-state index is 0.213. The Hall–Kier alpha value is -1.61. The lowest BCUT2D eigenvalue weighted by Gasteiger charge is -2.37. The molecule has 0 saturated heterocycles. The molecular weight excluding hydrogens is 238 g/mol. The standard InChI is InChI=1S/C16H23NO2/c1-12-8-6-7-9-13(12)10-11-14(18)17-15(2,3)16(4,5)19/h6-11,19H,1-5H3,(H,17,18)/b11-10+. The van der Waals surface area contributed by atoms with E-state index in [4.69, 9.17) is 0 Å². The molecule has 0 aromatic heterocycles. The average molecular weight is 261 g/mol. The zero-order chi connectivity index (χ0) is 14.7. The predicted molar refractivity (Wildman–Crippen MR) is 78.7 cm³/mol. The summed E-state index contributed by atoms with van der Waals surface area (Å²) in [5.74, 6) is -0.213. The number of benzene rings is 1. The molecule has 0 saturated carbocycles. The van der Waals surface area contributed by atoms with Crippen LogP contribution in [0.5, 0.6) is 0 Å². The average Bonchev–Trinajstić information content (AvgIpc) is 2.26. The van der Waals surface area contributed by atoms with E-state index < -0.39 is 11.1 Å². The number of nitrogens with one attached hydrogen (secondary N) is 1. The summed E-state index contributed by atoms with van der Waals surface area (Å²) in [6, 6.07) is 7.86. The summed E-state index contributed by atoms with van der Waals surface area (Å²) >= 11 is 0. The number of carbonyl (C=O) groups is 1. The van der Waals surface area contributed by atoms with Crippen molar-refractivity contribution >= 4 is 12.0 Å². The molecule has 0 atom stereocenters. The Balaban J connectivity index is 2.74. The minimum Gasteiger partial charge on any atom is -0.388 e. The van der Waals surface area contributed by atoms with Crippen LogP contribution in [0.15, 0.2) is 30.3 Å². The van der Waals surface area contributed by atoms with E-state index in [9.17, 15) is 9.90 Å². The summed E-state index contributed by atoms with van der Waals surface area (Å²) in [6.07, 6.45) is 3.28. The molecule has 1 aromatic rings. The largest absolute Gasteiger partial charge is 0.388 e. The van der Waals surface area contributed by atoms with E-state index in [2.05, 4.69) is 5.32 Å². The molecule has 0 aliphatic rings. The first kappa shape index (κ1) is 15.4. The molecule has 0 aliphatic heterocycles. The number of aliphatic hydroxyl groups is 1. The third-order valence-corrected chi connectivity index (χ3v) is 3.57. The van der Waals surface area contributed by atoms with Gasteiger partial charge in [-0.2, -0.15) is 0 Å². The fraction of sp³-hybridized carbons (Fsp3) is 0.438. The van der Waals surface area contributed by atoms with Crippen molar-refractivity contribution in [3.8, 4) is 0 Å². The summed E-state index contributed by atoms with van der Waals surface area (Å²) < 4.78 is 0. The van der Waals surface area contributed by atoms with Crippen LogP contribution in [-0.2, 0) is 4.79 Å². The highest BCUT2D eigenvalue weighted by Crippen LogP contribution is 2.20. The van der Waals surface area contributed by atoms with Crippen LogP contribution in [0.4, 0.5) is 0 Å². The maximum Gasteiger partial charge on any atom is 0.244 e. The normalized spacial score (nSPS) is 12.7. The van der Waals surface area contributed by atoms with Crippen molar-refractivity contribution in [2.45, 2.75) is 45.8 Å². The van der Waals surface area contributed by atoms with Gasteiger partial charge in [-0.15, -0.1) is 0 Å². The minimum atomic E-state index is -0.987. The van der Waals surface area contributed by atoms with Gasteiger partial charge in [0.15, 0.2) is 0 Å². The number of rotatable bonds is 4. The van der Waals surface area contributed by atoms with Gasteiger partial charge >= 0.3 is 0 Å². The second-order valence-corrected chi connectivity index (χ2v) is 5.86. The van der Waals surface area contributed by atoms with Crippen LogP contribution in [0, 0.1) is 6.92 Å². The Morgan fingerprint density at radius 2 is 1.79 bits per heavy atom. The van der Waals surface area contributed by atoms with E-state index in [-0.39, 0.29) is 5.91 Å². The monoisotopic (exact) mass is 261 g/mol. The summed E-state index contributed by atoms with van der Waals surface area (Å²) in [6.45, 7) is 8.95. The molecule has 1 aromatic carbocycles. The van der Waals surface area contributed by atoms with Crippen LogP contribution in [0.1, 0.15) is 38.8 Å². The highest BCUT2D eigenvalue weighted by molar-refractivity contribution is 5.92. The molecule has 2 N–H and O–H groups in total. The number of carbonyl (C=O) groups excluding carboxylic acids is 1. The van der Waals surface area contributed by atoms with Gasteiger partial charge < -0.3 is 10.4 Å². The lowest BCUT2D eigenvalue weighted by atomic mass is 9.86. The maximum absolute atomic E-state index is 11.9. The van der Waals surface area contributed by atoms with Crippen LogP contribution in [0.25, 0.3) is 6.08 Å². The van der Waals surface area contributed by atoms with E-state index in [1.165, 1.54) is 6.08 Å². The van der Waals surface area contributed by atoms with Crippen molar-refractivity contribution in [1.82, 2.24) is 5.32 Å². The molecule has 0 bridgehead atoms. The molecule has 0 heterocycles. The van der Waals surface area contributed by atoms with Crippen molar-refractivity contribution in [3.05, 3.63) is 41.5 Å². The quantitative estimate of drug-likeness (QED) is 0.819. The van der Waals surface area contributed by atoms with Crippen LogP contribution in [-0.4, -0.2) is 22.2 Å². The molecule has 0 fully saturated rings. The van der Waals surface area contributed by atoms with Gasteiger partial charge in [-0.25, -0.2) is 0 Å². The molecule has 104 valence electrons. The fourth-order valence-electron chi connectivity index (χ4n) is 1.44. The summed E-state index contributed by atoms with van der Waals surface area (Å²) in [7, 11) is 0. The van der Waals surface area contributed by atoms with Crippen LogP contribution < -0.4 is 5.32 Å². The first-order valence-electron chi connectivity index (χ1n) is 6.42. The van der Waals surface area contributed by atoms with Crippen LogP contribution in [0.2, 0.25) is 0 Å². The Morgan fingerprint density at radius 3 is 2.32 bits per heavy atom.